The quantitative estimate of drug-likeness (QED) is 0.463. The van der Waals surface area contributed by atoms with Crippen LogP contribution in [0, 0.1) is 0 Å². The molecule has 0 aromatic carbocycles. The van der Waals surface area contributed by atoms with Crippen molar-refractivity contribution in [1.29, 1.82) is 0 Å². The third-order valence-corrected chi connectivity index (χ3v) is 1.20. The first-order valence-electron chi connectivity index (χ1n) is 1.34. The predicted octanol–water partition coefficient (Wildman–Crippen LogP) is -1.20. The summed E-state index contributed by atoms with van der Waals surface area (Å²) in [6, 6.07) is 0. The van der Waals surface area contributed by atoms with E-state index in [4.69, 9.17) is 7.67 Å². The molecule has 0 aromatic rings. The molecule has 11 heteroatoms. The van der Waals surface area contributed by atoms with E-state index in [0.29, 0.717) is 0 Å². The van der Waals surface area contributed by atoms with Crippen molar-refractivity contribution in [2.45, 2.75) is 0 Å². The Balaban J connectivity index is -0.000000138. The number of hydrogen-bond acceptors (Lipinski definition) is 7. The fraction of sp³-hybridized carbons (Fsp3) is 0. The van der Waals surface area contributed by atoms with Crippen LogP contribution in [0.3, 0.4) is 0 Å². The third kappa shape index (κ3) is 36.6. The number of hydrogen-bond donors (Lipinski definition) is 0. The molecular formula is Cu2O7P2. The van der Waals surface area contributed by atoms with Gasteiger partial charge in [-0.3, -0.25) is 0 Å². The molecule has 0 fully saturated rings. The summed E-state index contributed by atoms with van der Waals surface area (Å²) in [7, 11) is -6.47. The topological polar surface area (TPSA) is 124 Å². The van der Waals surface area contributed by atoms with Crippen LogP contribution < -0.4 is 9.79 Å². The van der Waals surface area contributed by atoms with Gasteiger partial charge in [0, 0.05) is 0 Å². The van der Waals surface area contributed by atoms with Crippen LogP contribution in [0.2, 0.25) is 0 Å². The van der Waals surface area contributed by atoms with E-state index in [1.54, 1.807) is 0 Å². The van der Waals surface area contributed by atoms with Crippen molar-refractivity contribution in [3.63, 3.8) is 0 Å². The molecule has 0 aliphatic rings. The van der Waals surface area contributed by atoms with Crippen molar-refractivity contribution in [3.8, 4) is 0 Å². The molecule has 0 saturated carbocycles. The summed E-state index contributed by atoms with van der Waals surface area (Å²) in [5.41, 5.74) is 0. The van der Waals surface area contributed by atoms with E-state index in [-0.39, 0.29) is 0 Å². The van der Waals surface area contributed by atoms with E-state index in [0.717, 1.165) is 0 Å². The van der Waals surface area contributed by atoms with E-state index in [9.17, 15) is 18.9 Å². The fourth-order valence-corrected chi connectivity index (χ4v) is 0.490. The Labute approximate surface area is 79.5 Å². The van der Waals surface area contributed by atoms with E-state index in [2.05, 4.69) is 36.2 Å². The molecule has 0 heterocycles. The van der Waals surface area contributed by atoms with Crippen LogP contribution >= 0.6 is 16.5 Å². The minimum absolute atomic E-state index is 2.94. The van der Waals surface area contributed by atoms with Crippen LogP contribution in [0.4, 0.5) is 0 Å². The Bertz CT molecular complexity index is 110. The van der Waals surface area contributed by atoms with Crippen molar-refractivity contribution in [1.82, 2.24) is 0 Å². The van der Waals surface area contributed by atoms with Gasteiger partial charge in [-0.05, 0) is 9.13 Å². The molecule has 0 spiro atoms. The maximum atomic E-state index is 9.24. The van der Waals surface area contributed by atoms with Crippen molar-refractivity contribution in [2.24, 2.45) is 0 Å². The van der Waals surface area contributed by atoms with Gasteiger partial charge < -0.3 is 9.79 Å². The Morgan fingerprint density at radius 2 is 1.09 bits per heavy atom. The molecule has 0 aliphatic carbocycles. The van der Waals surface area contributed by atoms with Gasteiger partial charge in [0.25, 0.3) is 0 Å². The molecule has 0 aliphatic heterocycles. The van der Waals surface area contributed by atoms with E-state index < -0.39 is 16.5 Å². The average Bonchev–Trinajstić information content (AvgIpc) is 1.93. The zero-order chi connectivity index (χ0) is 9.86. The molecule has 2 unspecified atom stereocenters. The number of rotatable bonds is 2. The van der Waals surface area contributed by atoms with Crippen LogP contribution in [0.15, 0.2) is 0 Å². The molecule has 0 N–H and O–H groups in total. The third-order valence-electron chi connectivity index (χ3n) is 0.133. The fourth-order valence-electron chi connectivity index (χ4n) is 0.0544. The normalized spacial score (nSPS) is 9.64. The molecule has 0 amide bonds. The zero-order valence-electron chi connectivity index (χ0n) is 4.36. The van der Waals surface area contributed by atoms with Crippen molar-refractivity contribution < 1.29 is 62.8 Å². The standard InChI is InChI=1S/2Cu.O5P2.2O/c;;1-6(2)5-7(3)4;;. The molecule has 0 rings (SSSR count). The van der Waals surface area contributed by atoms with Gasteiger partial charge in [-0.15, -0.1) is 0 Å². The first-order chi connectivity index (χ1) is 5.13. The van der Waals surface area contributed by atoms with E-state index in [1.807, 2.05) is 0 Å². The van der Waals surface area contributed by atoms with Crippen molar-refractivity contribution >= 4 is 16.5 Å². The molecule has 74 valence electrons. The zero-order valence-corrected chi connectivity index (χ0v) is 8.03. The van der Waals surface area contributed by atoms with E-state index >= 15 is 0 Å². The second kappa shape index (κ2) is 17.0. The second-order valence-corrected chi connectivity index (χ2v) is 2.08. The van der Waals surface area contributed by atoms with Gasteiger partial charge in [0.2, 0.25) is 0 Å². The Hall–Kier alpha value is 0.719. The minimum atomic E-state index is -3.24. The molecule has 0 radical (unpaired) electrons. The summed E-state index contributed by atoms with van der Waals surface area (Å²) in [6.07, 6.45) is 0. The molecular weight excluding hydrogens is 301 g/mol. The summed E-state index contributed by atoms with van der Waals surface area (Å²) in [5.74, 6) is 0. The van der Waals surface area contributed by atoms with Gasteiger partial charge in [-0.1, -0.05) is 0 Å². The molecule has 11 heavy (non-hydrogen) atoms. The maximum absolute atomic E-state index is 9.24. The molecule has 0 bridgehead atoms. The molecule has 0 saturated heterocycles. The monoisotopic (exact) mass is 300 g/mol. The second-order valence-electron chi connectivity index (χ2n) is 0.529. The van der Waals surface area contributed by atoms with Gasteiger partial charge in [-0.25, -0.2) is 0 Å². The van der Waals surface area contributed by atoms with Gasteiger partial charge in [-0.2, -0.15) is 0 Å². The van der Waals surface area contributed by atoms with Gasteiger partial charge in [0.1, 0.15) is 4.31 Å². The van der Waals surface area contributed by atoms with Crippen LogP contribution in [-0.2, 0) is 53.0 Å². The van der Waals surface area contributed by atoms with Crippen LogP contribution in [0.5, 0.6) is 0 Å². The summed E-state index contributed by atoms with van der Waals surface area (Å²) in [5, 5.41) is 0. The van der Waals surface area contributed by atoms with Gasteiger partial charge in [0.05, 0.1) is 0 Å². The Morgan fingerprint density at radius 1 is 0.909 bits per heavy atom. The van der Waals surface area contributed by atoms with Crippen LogP contribution in [-0.4, -0.2) is 0 Å². The summed E-state index contributed by atoms with van der Waals surface area (Å²) >= 11 is 5.88. The summed E-state index contributed by atoms with van der Waals surface area (Å²) in [6.45, 7) is 0. The SMILES string of the molecule is O=[P+]([O-])O[P+](=O)[O-].[O]=[Cu].[O]=[Cu]. The van der Waals surface area contributed by atoms with Crippen molar-refractivity contribution in [2.75, 3.05) is 0 Å². The molecule has 0 aromatic heterocycles. The Kier molecular flexibility index (Phi) is 27.4. The molecule has 2 atom stereocenters. The van der Waals surface area contributed by atoms with Crippen molar-refractivity contribution in [3.05, 3.63) is 0 Å². The first-order valence-corrected chi connectivity index (χ1v) is 4.30. The van der Waals surface area contributed by atoms with E-state index in [1.165, 1.54) is 0 Å². The van der Waals surface area contributed by atoms with Crippen LogP contribution in [0.1, 0.15) is 0 Å². The predicted molar refractivity (Wildman–Crippen MR) is 17.7 cm³/mol. The van der Waals surface area contributed by atoms with Crippen LogP contribution in [0.25, 0.3) is 0 Å². The Morgan fingerprint density at radius 3 is 1.09 bits per heavy atom. The van der Waals surface area contributed by atoms with Gasteiger partial charge >= 0.3 is 56.1 Å². The average molecular weight is 301 g/mol. The summed E-state index contributed by atoms with van der Waals surface area (Å²) < 4.78 is 37.3. The first kappa shape index (κ1) is 17.7. The summed E-state index contributed by atoms with van der Waals surface area (Å²) in [4.78, 5) is 18.5. The van der Waals surface area contributed by atoms with Gasteiger partial charge in [0.15, 0.2) is 0 Å². The molecule has 7 nitrogen and oxygen atoms in total.